The van der Waals surface area contributed by atoms with Gasteiger partial charge in [0.15, 0.2) is 0 Å². The summed E-state index contributed by atoms with van der Waals surface area (Å²) < 4.78 is 43.2. The highest BCUT2D eigenvalue weighted by Crippen LogP contribution is 2.31. The Hall–Kier alpha value is -0.400. The van der Waals surface area contributed by atoms with E-state index < -0.39 is 21.4 Å². The van der Waals surface area contributed by atoms with Crippen molar-refractivity contribution < 1.29 is 12.8 Å². The molecule has 1 saturated carbocycles. The van der Waals surface area contributed by atoms with Crippen molar-refractivity contribution in [3.05, 3.63) is 0 Å². The summed E-state index contributed by atoms with van der Waals surface area (Å²) in [6.07, 6.45) is 5.06. The maximum atomic E-state index is 13.6. The van der Waals surface area contributed by atoms with Crippen LogP contribution in [-0.2, 0) is 10.0 Å². The molecule has 5 fully saturated rings. The highest BCUT2D eigenvalue weighted by Gasteiger charge is 2.44. The summed E-state index contributed by atoms with van der Waals surface area (Å²) in [5.41, 5.74) is 6.70. The van der Waals surface area contributed by atoms with Crippen molar-refractivity contribution in [2.45, 2.75) is 74.2 Å². The minimum absolute atomic E-state index is 0.0289. The first kappa shape index (κ1) is 22.4. The van der Waals surface area contributed by atoms with E-state index in [-0.39, 0.29) is 18.2 Å². The molecule has 4 saturated heterocycles. The minimum Gasteiger partial charge on any atom is -0.301 e. The highest BCUT2D eigenvalue weighted by atomic mass is 32.2. The van der Waals surface area contributed by atoms with Crippen molar-refractivity contribution in [2.75, 3.05) is 46.3 Å². The number of alkyl halides is 1. The SMILES string of the molecule is CN1NCC2CCCC(NS(=O)(=O)C3CNN(C4CC(N5CC[C@@H](F)C5)CCN4)C3)C21. The van der Waals surface area contributed by atoms with Crippen LogP contribution in [0.15, 0.2) is 0 Å². The van der Waals surface area contributed by atoms with Crippen molar-refractivity contribution in [3.63, 3.8) is 0 Å². The number of sulfonamides is 1. The van der Waals surface area contributed by atoms with Gasteiger partial charge in [0, 0.05) is 57.9 Å². The fourth-order valence-electron chi connectivity index (χ4n) is 6.41. The third kappa shape index (κ3) is 4.65. The van der Waals surface area contributed by atoms with E-state index in [1.54, 1.807) is 0 Å². The van der Waals surface area contributed by atoms with Crippen LogP contribution in [0.2, 0.25) is 0 Å². The van der Waals surface area contributed by atoms with Gasteiger partial charge in [-0.1, -0.05) is 6.42 Å². The Labute approximate surface area is 185 Å². The van der Waals surface area contributed by atoms with Crippen molar-refractivity contribution in [1.82, 2.24) is 35.8 Å². The molecule has 31 heavy (non-hydrogen) atoms. The summed E-state index contributed by atoms with van der Waals surface area (Å²) in [5.74, 6) is 0.516. The molecule has 4 heterocycles. The molecule has 4 aliphatic heterocycles. The number of halogens is 1. The molecule has 0 radical (unpaired) electrons. The van der Waals surface area contributed by atoms with Crippen LogP contribution in [0.4, 0.5) is 4.39 Å². The molecule has 4 N–H and O–H groups in total. The number of hydrogen-bond acceptors (Lipinski definition) is 8. The Bertz CT molecular complexity index is 741. The number of hydrazine groups is 2. The van der Waals surface area contributed by atoms with Gasteiger partial charge in [-0.25, -0.2) is 27.5 Å². The smallest absolute Gasteiger partial charge is 0.217 e. The number of fused-ring (bicyclic) bond motifs is 1. The lowest BCUT2D eigenvalue weighted by Gasteiger charge is -2.39. The van der Waals surface area contributed by atoms with Crippen molar-refractivity contribution in [1.29, 1.82) is 0 Å². The predicted octanol–water partition coefficient (Wildman–Crippen LogP) is -0.796. The Morgan fingerprint density at radius 3 is 2.74 bits per heavy atom. The van der Waals surface area contributed by atoms with Gasteiger partial charge in [0.25, 0.3) is 0 Å². The molecule has 1 aliphatic carbocycles. The van der Waals surface area contributed by atoms with E-state index in [0.717, 1.165) is 51.7 Å². The van der Waals surface area contributed by atoms with Crippen LogP contribution in [0.1, 0.15) is 38.5 Å². The maximum absolute atomic E-state index is 13.6. The van der Waals surface area contributed by atoms with E-state index in [4.69, 9.17) is 0 Å². The van der Waals surface area contributed by atoms with Gasteiger partial charge in [-0.15, -0.1) is 0 Å². The molecule has 9 nitrogen and oxygen atoms in total. The second-order valence-corrected chi connectivity index (χ2v) is 12.1. The average molecular weight is 460 g/mol. The van der Waals surface area contributed by atoms with Crippen LogP contribution in [0.3, 0.4) is 0 Å². The van der Waals surface area contributed by atoms with Gasteiger partial charge < -0.3 is 5.32 Å². The zero-order chi connectivity index (χ0) is 21.6. The molecule has 5 aliphatic rings. The van der Waals surface area contributed by atoms with Gasteiger partial charge in [0.05, 0.1) is 6.17 Å². The van der Waals surface area contributed by atoms with Crippen LogP contribution >= 0.6 is 0 Å². The van der Waals surface area contributed by atoms with E-state index in [2.05, 4.69) is 35.8 Å². The molecule has 0 spiro atoms. The Morgan fingerprint density at radius 1 is 1.06 bits per heavy atom. The van der Waals surface area contributed by atoms with Crippen LogP contribution in [-0.4, -0.2) is 105 Å². The number of piperidine rings is 1. The summed E-state index contributed by atoms with van der Waals surface area (Å²) in [4.78, 5) is 2.27. The molecule has 178 valence electrons. The summed E-state index contributed by atoms with van der Waals surface area (Å²) in [6, 6.07) is 0.570. The van der Waals surface area contributed by atoms with E-state index in [0.29, 0.717) is 38.0 Å². The first-order valence-electron chi connectivity index (χ1n) is 12.0. The quantitative estimate of drug-likeness (QED) is 0.425. The molecular formula is C20H38FN7O2S. The zero-order valence-electron chi connectivity index (χ0n) is 18.5. The molecule has 0 aromatic heterocycles. The van der Waals surface area contributed by atoms with E-state index >= 15 is 0 Å². The van der Waals surface area contributed by atoms with Crippen LogP contribution < -0.4 is 20.9 Å². The van der Waals surface area contributed by atoms with E-state index in [1.807, 2.05) is 7.05 Å². The standard InChI is InChI=1S/C20H38FN7O2S/c1-26-20-14(10-23-26)3-2-4-18(20)25-31(29,30)17-11-24-28(13-17)19-9-16(5-7-22-19)27-8-6-15(21)12-27/h14-20,22-25H,2-13H2,1H3/t14?,15-,16?,17?,18?,19?,20?/m1/s1. The first-order valence-corrected chi connectivity index (χ1v) is 13.5. The summed E-state index contributed by atoms with van der Waals surface area (Å²) in [5, 5.41) is 7.23. The van der Waals surface area contributed by atoms with E-state index in [1.165, 1.54) is 0 Å². The lowest BCUT2D eigenvalue weighted by atomic mass is 9.82. The average Bonchev–Trinajstić information content (AvgIpc) is 3.49. The molecule has 0 aromatic rings. The van der Waals surface area contributed by atoms with Crippen LogP contribution in [0, 0.1) is 5.92 Å². The number of likely N-dealkylation sites (N-methyl/N-ethyl adjacent to an activating group) is 1. The monoisotopic (exact) mass is 459 g/mol. The van der Waals surface area contributed by atoms with Crippen molar-refractivity contribution >= 4 is 10.0 Å². The van der Waals surface area contributed by atoms with Crippen molar-refractivity contribution in [2.24, 2.45) is 5.92 Å². The maximum Gasteiger partial charge on any atom is 0.217 e. The highest BCUT2D eigenvalue weighted by molar-refractivity contribution is 7.90. The van der Waals surface area contributed by atoms with E-state index in [9.17, 15) is 12.8 Å². The normalized spacial score (nSPS) is 43.5. The second kappa shape index (κ2) is 9.09. The molecule has 7 atom stereocenters. The van der Waals surface area contributed by atoms with Gasteiger partial charge in [-0.2, -0.15) is 0 Å². The second-order valence-electron chi connectivity index (χ2n) is 10.1. The zero-order valence-corrected chi connectivity index (χ0v) is 19.3. The van der Waals surface area contributed by atoms with Crippen LogP contribution in [0.25, 0.3) is 0 Å². The molecular weight excluding hydrogens is 421 g/mol. The Kier molecular flexibility index (Phi) is 6.57. The third-order valence-electron chi connectivity index (χ3n) is 8.12. The number of likely N-dealkylation sites (tertiary alicyclic amines) is 1. The number of nitrogens with one attached hydrogen (secondary N) is 4. The van der Waals surface area contributed by atoms with Gasteiger partial charge >= 0.3 is 0 Å². The largest absolute Gasteiger partial charge is 0.301 e. The molecule has 0 amide bonds. The van der Waals surface area contributed by atoms with Gasteiger partial charge in [-0.3, -0.25) is 15.8 Å². The Morgan fingerprint density at radius 2 is 1.94 bits per heavy atom. The predicted molar refractivity (Wildman–Crippen MR) is 117 cm³/mol. The third-order valence-corrected chi connectivity index (χ3v) is 9.94. The molecule has 11 heteroatoms. The van der Waals surface area contributed by atoms with Gasteiger partial charge in [-0.05, 0) is 44.6 Å². The molecule has 0 bridgehead atoms. The van der Waals surface area contributed by atoms with Gasteiger partial charge in [0.2, 0.25) is 10.0 Å². The molecule has 6 unspecified atom stereocenters. The lowest BCUT2D eigenvalue weighted by Crippen LogP contribution is -2.57. The van der Waals surface area contributed by atoms with Crippen LogP contribution in [0.5, 0.6) is 0 Å². The summed E-state index contributed by atoms with van der Waals surface area (Å²) in [6.45, 7) is 4.09. The molecule has 5 rings (SSSR count). The number of nitrogens with zero attached hydrogens (tertiary/aromatic N) is 3. The summed E-state index contributed by atoms with van der Waals surface area (Å²) >= 11 is 0. The summed E-state index contributed by atoms with van der Waals surface area (Å²) in [7, 11) is -1.41. The fraction of sp³-hybridized carbons (Fsp3) is 1.00. The lowest BCUT2D eigenvalue weighted by molar-refractivity contribution is 0.0693. The van der Waals surface area contributed by atoms with Crippen molar-refractivity contribution in [3.8, 4) is 0 Å². The fourth-order valence-corrected chi connectivity index (χ4v) is 7.94. The van der Waals surface area contributed by atoms with Gasteiger partial charge in [0.1, 0.15) is 11.4 Å². The first-order chi connectivity index (χ1) is 14.9. The molecule has 0 aromatic carbocycles. The Balaban J connectivity index is 1.18. The topological polar surface area (TPSA) is 92.0 Å². The number of rotatable bonds is 5. The number of hydrogen-bond donors (Lipinski definition) is 4. The minimum atomic E-state index is -3.43.